The molecule has 2 aromatic carbocycles. The highest BCUT2D eigenvalue weighted by molar-refractivity contribution is 5.90. The van der Waals surface area contributed by atoms with Crippen LogP contribution in [0.1, 0.15) is 0 Å². The Bertz CT molecular complexity index is 799. The first kappa shape index (κ1) is 12.0. The van der Waals surface area contributed by atoms with E-state index in [1.807, 2.05) is 42.5 Å². The molecule has 2 heterocycles. The maximum atomic E-state index is 5.59. The summed E-state index contributed by atoms with van der Waals surface area (Å²) in [5.74, 6) is 2.31. The molecule has 1 aromatic heterocycles. The van der Waals surface area contributed by atoms with Crippen LogP contribution in [0.3, 0.4) is 0 Å². The maximum absolute atomic E-state index is 5.59. The fraction of sp³-hybridized carbons (Fsp3) is 0.125. The van der Waals surface area contributed by atoms with Crippen LogP contribution in [0.25, 0.3) is 10.9 Å². The molecule has 0 unspecified atom stereocenters. The number of aromatic nitrogens is 2. The van der Waals surface area contributed by atoms with Crippen molar-refractivity contribution in [2.75, 3.05) is 18.5 Å². The highest BCUT2D eigenvalue weighted by atomic mass is 16.6. The van der Waals surface area contributed by atoms with E-state index in [1.54, 1.807) is 6.33 Å². The van der Waals surface area contributed by atoms with E-state index in [9.17, 15) is 0 Å². The van der Waals surface area contributed by atoms with Crippen LogP contribution in [0.5, 0.6) is 11.5 Å². The minimum atomic E-state index is 0.576. The molecule has 0 atom stereocenters. The Morgan fingerprint density at radius 2 is 1.76 bits per heavy atom. The molecule has 0 saturated carbocycles. The third-order valence-electron chi connectivity index (χ3n) is 3.35. The summed E-state index contributed by atoms with van der Waals surface area (Å²) in [6.07, 6.45) is 1.56. The first-order valence-corrected chi connectivity index (χ1v) is 6.76. The van der Waals surface area contributed by atoms with Crippen LogP contribution < -0.4 is 14.8 Å². The first-order chi connectivity index (χ1) is 10.4. The van der Waals surface area contributed by atoms with E-state index in [1.165, 1.54) is 0 Å². The molecule has 21 heavy (non-hydrogen) atoms. The molecule has 0 radical (unpaired) electrons. The Morgan fingerprint density at radius 3 is 2.71 bits per heavy atom. The van der Waals surface area contributed by atoms with Gasteiger partial charge in [-0.1, -0.05) is 12.1 Å². The smallest absolute Gasteiger partial charge is 0.163 e. The summed E-state index contributed by atoms with van der Waals surface area (Å²) in [6.45, 7) is 1.17. The van der Waals surface area contributed by atoms with Crippen molar-refractivity contribution in [1.82, 2.24) is 9.97 Å². The van der Waals surface area contributed by atoms with E-state index in [2.05, 4.69) is 15.3 Å². The molecule has 0 aliphatic carbocycles. The molecular weight excluding hydrogens is 266 g/mol. The standard InChI is InChI=1S/C16H13N3O2/c1-2-4-13-12(3-1)16(18-10-17-13)19-11-5-6-14-15(9-11)21-8-7-20-14/h1-6,9-10H,7-8H2,(H,17,18,19). The van der Waals surface area contributed by atoms with Crippen LogP contribution >= 0.6 is 0 Å². The molecule has 0 bridgehead atoms. The number of nitrogens with zero attached hydrogens (tertiary/aromatic N) is 2. The SMILES string of the molecule is c1ccc2c(Nc3ccc4c(c3)OCCO4)ncnc2c1. The molecule has 5 heteroatoms. The number of anilines is 2. The van der Waals surface area contributed by atoms with Crippen molar-refractivity contribution >= 4 is 22.4 Å². The number of fused-ring (bicyclic) bond motifs is 2. The van der Waals surface area contributed by atoms with Crippen molar-refractivity contribution < 1.29 is 9.47 Å². The molecule has 1 aliphatic heterocycles. The molecule has 3 aromatic rings. The fourth-order valence-electron chi connectivity index (χ4n) is 2.36. The largest absolute Gasteiger partial charge is 0.486 e. The van der Waals surface area contributed by atoms with Crippen LogP contribution in [0.15, 0.2) is 48.8 Å². The zero-order valence-electron chi connectivity index (χ0n) is 11.2. The molecule has 0 spiro atoms. The predicted molar refractivity (Wildman–Crippen MR) is 80.3 cm³/mol. The van der Waals surface area contributed by atoms with Crippen LogP contribution in [0.4, 0.5) is 11.5 Å². The molecule has 1 aliphatic rings. The van der Waals surface area contributed by atoms with Gasteiger partial charge >= 0.3 is 0 Å². The number of nitrogens with one attached hydrogen (secondary N) is 1. The number of hydrogen-bond donors (Lipinski definition) is 1. The fourth-order valence-corrected chi connectivity index (χ4v) is 2.36. The Labute approximate surface area is 121 Å². The minimum absolute atomic E-state index is 0.576. The number of benzene rings is 2. The lowest BCUT2D eigenvalue weighted by Crippen LogP contribution is -2.15. The summed E-state index contributed by atoms with van der Waals surface area (Å²) in [5.41, 5.74) is 1.82. The molecular formula is C16H13N3O2. The summed E-state index contributed by atoms with van der Waals surface area (Å²) >= 11 is 0. The first-order valence-electron chi connectivity index (χ1n) is 6.76. The average molecular weight is 279 g/mol. The van der Waals surface area contributed by atoms with Crippen molar-refractivity contribution in [3.63, 3.8) is 0 Å². The van der Waals surface area contributed by atoms with Crippen LogP contribution in [0.2, 0.25) is 0 Å². The zero-order valence-corrected chi connectivity index (χ0v) is 11.2. The van der Waals surface area contributed by atoms with Crippen LogP contribution in [-0.4, -0.2) is 23.2 Å². The predicted octanol–water partition coefficient (Wildman–Crippen LogP) is 3.14. The van der Waals surface area contributed by atoms with Crippen molar-refractivity contribution in [3.05, 3.63) is 48.8 Å². The van der Waals surface area contributed by atoms with E-state index < -0.39 is 0 Å². The van der Waals surface area contributed by atoms with Crippen molar-refractivity contribution in [2.45, 2.75) is 0 Å². The summed E-state index contributed by atoms with van der Waals surface area (Å²) in [7, 11) is 0. The van der Waals surface area contributed by atoms with E-state index in [0.29, 0.717) is 13.2 Å². The summed E-state index contributed by atoms with van der Waals surface area (Å²) < 4.78 is 11.1. The minimum Gasteiger partial charge on any atom is -0.486 e. The number of para-hydroxylation sites is 1. The lowest BCUT2D eigenvalue weighted by molar-refractivity contribution is 0.171. The second-order valence-corrected chi connectivity index (χ2v) is 4.72. The molecule has 0 saturated heterocycles. The van der Waals surface area contributed by atoms with Crippen LogP contribution in [0, 0.1) is 0 Å². The lowest BCUT2D eigenvalue weighted by atomic mass is 10.2. The van der Waals surface area contributed by atoms with Crippen LogP contribution in [-0.2, 0) is 0 Å². The van der Waals surface area contributed by atoms with Gasteiger partial charge in [0.25, 0.3) is 0 Å². The second-order valence-electron chi connectivity index (χ2n) is 4.72. The van der Waals surface area contributed by atoms with E-state index >= 15 is 0 Å². The lowest BCUT2D eigenvalue weighted by Gasteiger charge is -2.19. The van der Waals surface area contributed by atoms with Gasteiger partial charge in [0.2, 0.25) is 0 Å². The molecule has 1 N–H and O–H groups in total. The molecule has 0 amide bonds. The Hall–Kier alpha value is -2.82. The Kier molecular flexibility index (Phi) is 2.81. The van der Waals surface area contributed by atoms with Crippen molar-refractivity contribution in [3.8, 4) is 11.5 Å². The Balaban J connectivity index is 1.71. The molecule has 0 fully saturated rings. The number of ether oxygens (including phenoxy) is 2. The number of rotatable bonds is 2. The van der Waals surface area contributed by atoms with Gasteiger partial charge < -0.3 is 14.8 Å². The molecule has 104 valence electrons. The number of hydrogen-bond acceptors (Lipinski definition) is 5. The zero-order chi connectivity index (χ0) is 14.1. The van der Waals surface area contributed by atoms with Gasteiger partial charge in [0.05, 0.1) is 5.52 Å². The van der Waals surface area contributed by atoms with Gasteiger partial charge in [0, 0.05) is 17.1 Å². The van der Waals surface area contributed by atoms with E-state index in [-0.39, 0.29) is 0 Å². The third kappa shape index (κ3) is 2.23. The van der Waals surface area contributed by atoms with Gasteiger partial charge in [-0.3, -0.25) is 0 Å². The van der Waals surface area contributed by atoms with Gasteiger partial charge in [-0.2, -0.15) is 0 Å². The van der Waals surface area contributed by atoms with E-state index in [4.69, 9.17) is 9.47 Å². The van der Waals surface area contributed by atoms with E-state index in [0.717, 1.165) is 33.9 Å². The monoisotopic (exact) mass is 279 g/mol. The van der Waals surface area contributed by atoms with Crippen molar-refractivity contribution in [2.24, 2.45) is 0 Å². The second kappa shape index (κ2) is 4.94. The third-order valence-corrected chi connectivity index (χ3v) is 3.35. The normalized spacial score (nSPS) is 13.1. The van der Waals surface area contributed by atoms with Gasteiger partial charge in [0.1, 0.15) is 25.4 Å². The van der Waals surface area contributed by atoms with Gasteiger partial charge in [-0.15, -0.1) is 0 Å². The molecule has 5 nitrogen and oxygen atoms in total. The molecule has 4 rings (SSSR count). The maximum Gasteiger partial charge on any atom is 0.163 e. The van der Waals surface area contributed by atoms with Gasteiger partial charge in [0.15, 0.2) is 11.5 Å². The summed E-state index contributed by atoms with van der Waals surface area (Å²) in [6, 6.07) is 13.7. The van der Waals surface area contributed by atoms with Gasteiger partial charge in [-0.05, 0) is 24.3 Å². The van der Waals surface area contributed by atoms with Gasteiger partial charge in [-0.25, -0.2) is 9.97 Å². The topological polar surface area (TPSA) is 56.3 Å². The highest BCUT2D eigenvalue weighted by Crippen LogP contribution is 2.34. The highest BCUT2D eigenvalue weighted by Gasteiger charge is 2.12. The summed E-state index contributed by atoms with van der Waals surface area (Å²) in [5, 5.41) is 4.29. The quantitative estimate of drug-likeness (QED) is 0.781. The average Bonchev–Trinajstić information content (AvgIpc) is 2.55. The Morgan fingerprint density at radius 1 is 0.905 bits per heavy atom. The summed E-state index contributed by atoms with van der Waals surface area (Å²) in [4.78, 5) is 8.58. The van der Waals surface area contributed by atoms with Crippen molar-refractivity contribution in [1.29, 1.82) is 0 Å².